The topological polar surface area (TPSA) is 29.1 Å². The van der Waals surface area contributed by atoms with Crippen LogP contribution in [0.2, 0.25) is 0 Å². The maximum Gasteiger partial charge on any atom is 0.220 e. The van der Waals surface area contributed by atoms with Gasteiger partial charge in [-0.25, -0.2) is 0 Å². The van der Waals surface area contributed by atoms with E-state index in [0.717, 1.165) is 24.2 Å². The molecule has 0 radical (unpaired) electrons. The van der Waals surface area contributed by atoms with Crippen molar-refractivity contribution in [2.24, 2.45) is 23.2 Å². The van der Waals surface area contributed by atoms with E-state index in [4.69, 9.17) is 0 Å². The van der Waals surface area contributed by atoms with Crippen LogP contribution in [0.1, 0.15) is 66.2 Å². The number of nitrogens with one attached hydrogen (secondary N) is 1. The molecular formula is C16H29NO. The monoisotopic (exact) mass is 251 g/mol. The number of amides is 1. The molecule has 2 aliphatic carbocycles. The van der Waals surface area contributed by atoms with Crippen molar-refractivity contribution in [1.82, 2.24) is 5.32 Å². The van der Waals surface area contributed by atoms with Crippen molar-refractivity contribution >= 4 is 5.91 Å². The number of hydrogen-bond donors (Lipinski definition) is 1. The van der Waals surface area contributed by atoms with Gasteiger partial charge in [0.1, 0.15) is 0 Å². The smallest absolute Gasteiger partial charge is 0.220 e. The van der Waals surface area contributed by atoms with Gasteiger partial charge in [-0.3, -0.25) is 4.79 Å². The number of rotatable bonds is 3. The highest BCUT2D eigenvalue weighted by Crippen LogP contribution is 2.54. The Morgan fingerprint density at radius 1 is 1.17 bits per heavy atom. The molecule has 18 heavy (non-hydrogen) atoms. The second-order valence-electron chi connectivity index (χ2n) is 7.56. The van der Waals surface area contributed by atoms with Crippen LogP contribution in [0.5, 0.6) is 0 Å². The Morgan fingerprint density at radius 3 is 2.22 bits per heavy atom. The van der Waals surface area contributed by atoms with Gasteiger partial charge in [-0.2, -0.15) is 0 Å². The van der Waals surface area contributed by atoms with E-state index in [1.807, 2.05) is 13.8 Å². The summed E-state index contributed by atoms with van der Waals surface area (Å²) in [5.74, 6) is 2.77. The van der Waals surface area contributed by atoms with Crippen molar-refractivity contribution < 1.29 is 4.79 Å². The Hall–Kier alpha value is -0.530. The van der Waals surface area contributed by atoms with Gasteiger partial charge in [0, 0.05) is 12.5 Å². The predicted molar refractivity (Wildman–Crippen MR) is 75.2 cm³/mol. The number of carbonyl (C=O) groups is 1. The molecule has 2 rings (SSSR count). The average molecular weight is 251 g/mol. The van der Waals surface area contributed by atoms with E-state index >= 15 is 0 Å². The quantitative estimate of drug-likeness (QED) is 0.813. The summed E-state index contributed by atoms with van der Waals surface area (Å²) in [4.78, 5) is 12.1. The third-order valence-electron chi connectivity index (χ3n) is 4.74. The van der Waals surface area contributed by atoms with E-state index in [0.29, 0.717) is 5.41 Å². The molecule has 2 saturated carbocycles. The fourth-order valence-corrected chi connectivity index (χ4v) is 4.84. The summed E-state index contributed by atoms with van der Waals surface area (Å²) in [5.41, 5.74) is 0.318. The van der Waals surface area contributed by atoms with Crippen LogP contribution in [0.15, 0.2) is 0 Å². The summed E-state index contributed by atoms with van der Waals surface area (Å²) < 4.78 is 0. The minimum atomic E-state index is 0.270. The van der Waals surface area contributed by atoms with Crippen molar-refractivity contribution in [1.29, 1.82) is 0 Å². The van der Waals surface area contributed by atoms with E-state index in [-0.39, 0.29) is 11.9 Å². The lowest BCUT2D eigenvalue weighted by Gasteiger charge is -2.50. The van der Waals surface area contributed by atoms with E-state index in [2.05, 4.69) is 19.2 Å². The first kappa shape index (κ1) is 13.9. The van der Waals surface area contributed by atoms with Crippen LogP contribution < -0.4 is 5.32 Å². The van der Waals surface area contributed by atoms with Gasteiger partial charge < -0.3 is 5.32 Å². The molecule has 0 aromatic heterocycles. The van der Waals surface area contributed by atoms with Gasteiger partial charge in [-0.15, -0.1) is 0 Å². The van der Waals surface area contributed by atoms with Crippen LogP contribution in [0.25, 0.3) is 0 Å². The first-order chi connectivity index (χ1) is 8.38. The van der Waals surface area contributed by atoms with Crippen LogP contribution in [0, 0.1) is 23.2 Å². The van der Waals surface area contributed by atoms with E-state index < -0.39 is 0 Å². The van der Waals surface area contributed by atoms with Gasteiger partial charge in [0.15, 0.2) is 0 Å². The Kier molecular flexibility index (Phi) is 4.03. The summed E-state index contributed by atoms with van der Waals surface area (Å²) in [6.45, 7) is 8.84. The summed E-state index contributed by atoms with van der Waals surface area (Å²) in [6.07, 6.45) is 7.36. The zero-order chi connectivity index (χ0) is 13.3. The molecule has 1 amide bonds. The maximum absolute atomic E-state index is 12.1. The van der Waals surface area contributed by atoms with Crippen LogP contribution >= 0.6 is 0 Å². The Morgan fingerprint density at radius 2 is 1.72 bits per heavy atom. The summed E-state index contributed by atoms with van der Waals surface area (Å²) >= 11 is 0. The van der Waals surface area contributed by atoms with Gasteiger partial charge in [0.2, 0.25) is 5.91 Å². The molecule has 0 aliphatic heterocycles. The molecule has 2 nitrogen and oxygen atoms in total. The first-order valence-corrected chi connectivity index (χ1v) is 7.68. The summed E-state index contributed by atoms with van der Waals surface area (Å²) in [5, 5.41) is 3.08. The Labute approximate surface area is 112 Å². The highest BCUT2D eigenvalue weighted by molar-refractivity contribution is 5.77. The highest BCUT2D eigenvalue weighted by Gasteiger charge is 2.45. The molecule has 2 heteroatoms. The minimum absolute atomic E-state index is 0.270. The summed E-state index contributed by atoms with van der Waals surface area (Å²) in [6, 6.07) is 0.270. The van der Waals surface area contributed by atoms with Crippen LogP contribution in [0.4, 0.5) is 0 Å². The second kappa shape index (κ2) is 5.22. The van der Waals surface area contributed by atoms with Crippen LogP contribution in [-0.4, -0.2) is 11.9 Å². The fraction of sp³-hybridized carbons (Fsp3) is 0.938. The normalized spacial score (nSPS) is 39.7. The SMILES string of the molecule is CC1CC2CC(C)CC(CC(=O)NC(C)C)(C1)C2. The van der Waals surface area contributed by atoms with Gasteiger partial charge >= 0.3 is 0 Å². The maximum atomic E-state index is 12.1. The Balaban J connectivity index is 2.04. The molecule has 0 saturated heterocycles. The molecule has 2 aliphatic rings. The van der Waals surface area contributed by atoms with E-state index in [9.17, 15) is 4.79 Å². The predicted octanol–water partition coefficient (Wildman–Crippen LogP) is 3.75. The van der Waals surface area contributed by atoms with E-state index in [1.165, 1.54) is 32.1 Å². The van der Waals surface area contributed by atoms with Crippen LogP contribution in [0.3, 0.4) is 0 Å². The van der Waals surface area contributed by atoms with Gasteiger partial charge in [0.25, 0.3) is 0 Å². The van der Waals surface area contributed by atoms with Gasteiger partial charge in [0.05, 0.1) is 0 Å². The number of hydrogen-bond acceptors (Lipinski definition) is 1. The Bertz CT molecular complexity index is 291. The molecule has 0 heterocycles. The molecule has 2 bridgehead atoms. The summed E-state index contributed by atoms with van der Waals surface area (Å²) in [7, 11) is 0. The first-order valence-electron chi connectivity index (χ1n) is 7.68. The zero-order valence-corrected chi connectivity index (χ0v) is 12.5. The second-order valence-corrected chi connectivity index (χ2v) is 7.56. The molecule has 104 valence electrons. The number of fused-ring (bicyclic) bond motifs is 2. The zero-order valence-electron chi connectivity index (χ0n) is 12.5. The van der Waals surface area contributed by atoms with Crippen molar-refractivity contribution in [3.8, 4) is 0 Å². The lowest BCUT2D eigenvalue weighted by molar-refractivity contribution is -0.126. The highest BCUT2D eigenvalue weighted by atomic mass is 16.1. The molecule has 0 spiro atoms. The standard InChI is InChI=1S/C16H29NO/c1-11(2)17-15(18)10-16-7-12(3)5-14(9-16)6-13(4)8-16/h11-14H,5-10H2,1-4H3,(H,17,18). The van der Waals surface area contributed by atoms with Crippen molar-refractivity contribution in [2.45, 2.75) is 72.3 Å². The molecular weight excluding hydrogens is 222 g/mol. The van der Waals surface area contributed by atoms with Crippen molar-refractivity contribution in [2.75, 3.05) is 0 Å². The molecule has 2 fully saturated rings. The third kappa shape index (κ3) is 3.27. The third-order valence-corrected chi connectivity index (χ3v) is 4.74. The fourth-order valence-electron chi connectivity index (χ4n) is 4.84. The van der Waals surface area contributed by atoms with Crippen molar-refractivity contribution in [3.63, 3.8) is 0 Å². The molecule has 2 atom stereocenters. The lowest BCUT2D eigenvalue weighted by Crippen LogP contribution is -2.43. The number of carbonyl (C=O) groups excluding carboxylic acids is 1. The minimum Gasteiger partial charge on any atom is -0.354 e. The molecule has 0 aromatic rings. The van der Waals surface area contributed by atoms with Crippen molar-refractivity contribution in [3.05, 3.63) is 0 Å². The van der Waals surface area contributed by atoms with Crippen LogP contribution in [-0.2, 0) is 4.79 Å². The van der Waals surface area contributed by atoms with E-state index in [1.54, 1.807) is 0 Å². The average Bonchev–Trinajstić information content (AvgIpc) is 2.10. The van der Waals surface area contributed by atoms with Gasteiger partial charge in [-0.05, 0) is 69.1 Å². The lowest BCUT2D eigenvalue weighted by atomic mass is 9.55. The molecule has 0 aromatic carbocycles. The molecule has 2 unspecified atom stereocenters. The largest absolute Gasteiger partial charge is 0.354 e. The van der Waals surface area contributed by atoms with Gasteiger partial charge in [-0.1, -0.05) is 13.8 Å². The molecule has 1 N–H and O–H groups in total.